The lowest BCUT2D eigenvalue weighted by Gasteiger charge is -2.23. The van der Waals surface area contributed by atoms with Gasteiger partial charge in [0.15, 0.2) is 0 Å². The fourth-order valence-electron chi connectivity index (χ4n) is 1.85. The highest BCUT2D eigenvalue weighted by Crippen LogP contribution is 2.19. The second-order valence-corrected chi connectivity index (χ2v) is 4.46. The number of ether oxygens (including phenoxy) is 1. The van der Waals surface area contributed by atoms with E-state index in [9.17, 15) is 0 Å². The van der Waals surface area contributed by atoms with Crippen LogP contribution in [-0.2, 0) is 4.74 Å². The van der Waals surface area contributed by atoms with Crippen LogP contribution < -0.4 is 5.73 Å². The summed E-state index contributed by atoms with van der Waals surface area (Å²) in [5, 5.41) is 8.87. The molecule has 0 aromatic rings. The zero-order chi connectivity index (χ0) is 10.4. The lowest BCUT2D eigenvalue weighted by molar-refractivity contribution is 0.00285. The molecule has 14 heavy (non-hydrogen) atoms. The summed E-state index contributed by atoms with van der Waals surface area (Å²) in [4.78, 5) is 0. The Labute approximate surface area is 86.6 Å². The zero-order valence-electron chi connectivity index (χ0n) is 9.11. The SMILES string of the molecule is CC(CO)COC1CCCCCC1N. The van der Waals surface area contributed by atoms with Crippen molar-refractivity contribution in [2.45, 2.75) is 51.2 Å². The standard InChI is InChI=1S/C11H23NO2/c1-9(7-13)8-14-11-6-4-2-3-5-10(11)12/h9-11,13H,2-8,12H2,1H3. The maximum atomic E-state index is 8.87. The van der Waals surface area contributed by atoms with Crippen molar-refractivity contribution in [2.75, 3.05) is 13.2 Å². The van der Waals surface area contributed by atoms with E-state index in [1.54, 1.807) is 0 Å². The molecule has 84 valence electrons. The van der Waals surface area contributed by atoms with E-state index in [1.807, 2.05) is 6.92 Å². The number of hydrogen-bond acceptors (Lipinski definition) is 3. The zero-order valence-corrected chi connectivity index (χ0v) is 9.11. The molecule has 1 saturated carbocycles. The number of rotatable bonds is 4. The third-order valence-electron chi connectivity index (χ3n) is 2.91. The molecule has 0 spiro atoms. The molecule has 3 N–H and O–H groups in total. The number of nitrogens with two attached hydrogens (primary N) is 1. The molecule has 3 heteroatoms. The summed E-state index contributed by atoms with van der Waals surface area (Å²) in [5.74, 6) is 0.227. The Kier molecular flexibility index (Phi) is 5.45. The maximum absolute atomic E-state index is 8.87. The highest BCUT2D eigenvalue weighted by atomic mass is 16.5. The van der Waals surface area contributed by atoms with Gasteiger partial charge in [0.25, 0.3) is 0 Å². The lowest BCUT2D eigenvalue weighted by Crippen LogP contribution is -2.36. The van der Waals surface area contributed by atoms with Crippen LogP contribution in [0.5, 0.6) is 0 Å². The topological polar surface area (TPSA) is 55.5 Å². The summed E-state index contributed by atoms with van der Waals surface area (Å²) in [5.41, 5.74) is 6.02. The van der Waals surface area contributed by atoms with Crippen LogP contribution in [0.2, 0.25) is 0 Å². The molecular weight excluding hydrogens is 178 g/mol. The third kappa shape index (κ3) is 3.95. The van der Waals surface area contributed by atoms with E-state index < -0.39 is 0 Å². The number of aliphatic hydroxyl groups is 1. The lowest BCUT2D eigenvalue weighted by atomic mass is 10.1. The van der Waals surface area contributed by atoms with Gasteiger partial charge in [0.2, 0.25) is 0 Å². The van der Waals surface area contributed by atoms with Gasteiger partial charge in [0.1, 0.15) is 0 Å². The van der Waals surface area contributed by atoms with Crippen molar-refractivity contribution >= 4 is 0 Å². The molecule has 1 aliphatic carbocycles. The van der Waals surface area contributed by atoms with E-state index in [2.05, 4.69) is 0 Å². The monoisotopic (exact) mass is 201 g/mol. The Bertz CT molecular complexity index is 152. The first-order chi connectivity index (χ1) is 6.74. The Hall–Kier alpha value is -0.120. The minimum absolute atomic E-state index is 0.196. The smallest absolute Gasteiger partial charge is 0.0726 e. The predicted octanol–water partition coefficient (Wildman–Crippen LogP) is 1.29. The average molecular weight is 201 g/mol. The summed E-state index contributed by atoms with van der Waals surface area (Å²) in [6, 6.07) is 0.198. The van der Waals surface area contributed by atoms with E-state index in [-0.39, 0.29) is 24.7 Å². The minimum atomic E-state index is 0.196. The van der Waals surface area contributed by atoms with Crippen LogP contribution in [0.3, 0.4) is 0 Å². The van der Waals surface area contributed by atoms with E-state index >= 15 is 0 Å². The largest absolute Gasteiger partial charge is 0.396 e. The van der Waals surface area contributed by atoms with Crippen LogP contribution in [0.25, 0.3) is 0 Å². The Morgan fingerprint density at radius 2 is 2.07 bits per heavy atom. The molecule has 0 amide bonds. The molecular formula is C11H23NO2. The van der Waals surface area contributed by atoms with Crippen LogP contribution in [-0.4, -0.2) is 30.5 Å². The summed E-state index contributed by atoms with van der Waals surface area (Å²) >= 11 is 0. The van der Waals surface area contributed by atoms with Crippen LogP contribution in [0.4, 0.5) is 0 Å². The highest BCUT2D eigenvalue weighted by Gasteiger charge is 2.21. The van der Waals surface area contributed by atoms with Gasteiger partial charge < -0.3 is 15.6 Å². The van der Waals surface area contributed by atoms with Gasteiger partial charge >= 0.3 is 0 Å². The molecule has 1 aliphatic rings. The predicted molar refractivity (Wildman–Crippen MR) is 57.1 cm³/mol. The maximum Gasteiger partial charge on any atom is 0.0726 e. The van der Waals surface area contributed by atoms with Crippen molar-refractivity contribution in [3.63, 3.8) is 0 Å². The first-order valence-corrected chi connectivity index (χ1v) is 5.72. The summed E-state index contributed by atoms with van der Waals surface area (Å²) in [6.07, 6.45) is 6.12. The quantitative estimate of drug-likeness (QED) is 0.674. The molecule has 0 radical (unpaired) electrons. The minimum Gasteiger partial charge on any atom is -0.396 e. The van der Waals surface area contributed by atoms with Crippen molar-refractivity contribution in [1.29, 1.82) is 0 Å². The Morgan fingerprint density at radius 1 is 1.36 bits per heavy atom. The van der Waals surface area contributed by atoms with Crippen LogP contribution in [0, 0.1) is 5.92 Å². The van der Waals surface area contributed by atoms with Gasteiger partial charge in [-0.2, -0.15) is 0 Å². The Balaban J connectivity index is 2.26. The van der Waals surface area contributed by atoms with Crippen molar-refractivity contribution < 1.29 is 9.84 Å². The van der Waals surface area contributed by atoms with Crippen molar-refractivity contribution in [3.05, 3.63) is 0 Å². The fraction of sp³-hybridized carbons (Fsp3) is 1.00. The molecule has 1 rings (SSSR count). The van der Waals surface area contributed by atoms with Gasteiger partial charge in [0, 0.05) is 18.6 Å². The molecule has 0 aliphatic heterocycles. The van der Waals surface area contributed by atoms with E-state index in [0.29, 0.717) is 6.61 Å². The molecule has 0 aromatic heterocycles. The first kappa shape index (κ1) is 12.0. The van der Waals surface area contributed by atoms with Gasteiger partial charge in [-0.25, -0.2) is 0 Å². The van der Waals surface area contributed by atoms with Gasteiger partial charge in [-0.1, -0.05) is 26.2 Å². The summed E-state index contributed by atoms with van der Waals surface area (Å²) < 4.78 is 5.74. The second kappa shape index (κ2) is 6.38. The summed E-state index contributed by atoms with van der Waals surface area (Å²) in [7, 11) is 0. The van der Waals surface area contributed by atoms with E-state index in [1.165, 1.54) is 19.3 Å². The molecule has 1 fully saturated rings. The second-order valence-electron chi connectivity index (χ2n) is 4.46. The Morgan fingerprint density at radius 3 is 2.79 bits per heavy atom. The molecule has 3 atom stereocenters. The van der Waals surface area contributed by atoms with Crippen molar-refractivity contribution in [1.82, 2.24) is 0 Å². The van der Waals surface area contributed by atoms with Crippen molar-refractivity contribution in [2.24, 2.45) is 11.7 Å². The number of hydrogen-bond donors (Lipinski definition) is 2. The van der Waals surface area contributed by atoms with Gasteiger partial charge in [0.05, 0.1) is 12.7 Å². The third-order valence-corrected chi connectivity index (χ3v) is 2.91. The van der Waals surface area contributed by atoms with Gasteiger partial charge in [-0.15, -0.1) is 0 Å². The van der Waals surface area contributed by atoms with Gasteiger partial charge in [-0.3, -0.25) is 0 Å². The molecule has 0 aromatic carbocycles. The highest BCUT2D eigenvalue weighted by molar-refractivity contribution is 4.77. The summed E-state index contributed by atoms with van der Waals surface area (Å²) in [6.45, 7) is 2.82. The molecule has 0 heterocycles. The fourth-order valence-corrected chi connectivity index (χ4v) is 1.85. The first-order valence-electron chi connectivity index (χ1n) is 5.72. The van der Waals surface area contributed by atoms with Crippen LogP contribution in [0.1, 0.15) is 39.0 Å². The normalized spacial score (nSPS) is 31.1. The molecule has 0 bridgehead atoms. The van der Waals surface area contributed by atoms with Gasteiger partial charge in [-0.05, 0) is 12.8 Å². The van der Waals surface area contributed by atoms with E-state index in [4.69, 9.17) is 15.6 Å². The molecule has 0 saturated heterocycles. The van der Waals surface area contributed by atoms with Crippen LogP contribution in [0.15, 0.2) is 0 Å². The number of aliphatic hydroxyl groups excluding tert-OH is 1. The molecule has 3 unspecified atom stereocenters. The van der Waals surface area contributed by atoms with E-state index in [0.717, 1.165) is 12.8 Å². The molecule has 3 nitrogen and oxygen atoms in total. The van der Waals surface area contributed by atoms with Crippen LogP contribution >= 0.6 is 0 Å². The van der Waals surface area contributed by atoms with Crippen molar-refractivity contribution in [3.8, 4) is 0 Å². The average Bonchev–Trinajstić information content (AvgIpc) is 2.39.